The molecule has 1 aliphatic rings. The molecule has 3 N–H and O–H groups in total. The number of rotatable bonds is 5. The van der Waals surface area contributed by atoms with E-state index >= 15 is 0 Å². The van der Waals surface area contributed by atoms with Gasteiger partial charge in [-0.05, 0) is 19.8 Å². The van der Waals surface area contributed by atoms with Gasteiger partial charge in [0.1, 0.15) is 0 Å². The van der Waals surface area contributed by atoms with E-state index in [-0.39, 0.29) is 24.8 Å². The fraction of sp³-hybridized carbons (Fsp3) is 0.900. The Labute approximate surface area is 103 Å². The largest absolute Gasteiger partial charge is 0.388 e. The van der Waals surface area contributed by atoms with Crippen molar-refractivity contribution in [1.82, 2.24) is 8.61 Å². The van der Waals surface area contributed by atoms with Crippen molar-refractivity contribution in [2.24, 2.45) is 5.73 Å². The van der Waals surface area contributed by atoms with Crippen LogP contribution < -0.4 is 5.73 Å². The number of nitrogens with one attached hydrogen (secondary N) is 1. The molecule has 0 aromatic carbocycles. The molecule has 0 spiro atoms. The molecule has 0 saturated carbocycles. The molecule has 1 heterocycles. The van der Waals surface area contributed by atoms with Gasteiger partial charge in [0.15, 0.2) is 0 Å². The highest BCUT2D eigenvalue weighted by Crippen LogP contribution is 2.21. The van der Waals surface area contributed by atoms with Crippen LogP contribution in [0.2, 0.25) is 0 Å². The second-order valence-electron chi connectivity index (χ2n) is 4.56. The summed E-state index contributed by atoms with van der Waals surface area (Å²) in [4.78, 5) is 0. The highest BCUT2D eigenvalue weighted by molar-refractivity contribution is 7.86. The van der Waals surface area contributed by atoms with E-state index in [1.165, 1.54) is 4.31 Å². The first-order chi connectivity index (χ1) is 7.85. The first kappa shape index (κ1) is 14.4. The van der Waals surface area contributed by atoms with Gasteiger partial charge in [-0.1, -0.05) is 6.42 Å². The second kappa shape index (κ2) is 5.79. The lowest BCUT2D eigenvalue weighted by molar-refractivity contribution is 0.251. The maximum Gasteiger partial charge on any atom is 0.281 e. The number of nitrogens with two attached hydrogens (primary N) is 1. The lowest BCUT2D eigenvalue weighted by Crippen LogP contribution is -2.48. The molecule has 0 aliphatic carbocycles. The number of piperidine rings is 1. The van der Waals surface area contributed by atoms with E-state index in [1.807, 2.05) is 6.92 Å². The summed E-state index contributed by atoms with van der Waals surface area (Å²) in [7, 11) is -1.85. The van der Waals surface area contributed by atoms with E-state index in [0.29, 0.717) is 6.54 Å². The lowest BCUT2D eigenvalue weighted by Gasteiger charge is -2.35. The number of hydrogen-bond donors (Lipinski definition) is 2. The van der Waals surface area contributed by atoms with Gasteiger partial charge in [-0.25, -0.2) is 0 Å². The van der Waals surface area contributed by atoms with Gasteiger partial charge in [0.25, 0.3) is 10.2 Å². The molecular formula is C10H22N4O2S. The molecule has 6 nitrogen and oxygen atoms in total. The zero-order chi connectivity index (χ0) is 13.1. The van der Waals surface area contributed by atoms with Gasteiger partial charge < -0.3 is 5.73 Å². The van der Waals surface area contributed by atoms with Gasteiger partial charge in [0.2, 0.25) is 0 Å². The summed E-state index contributed by atoms with van der Waals surface area (Å²) in [5, 5.41) is 7.12. The molecule has 1 unspecified atom stereocenters. The molecule has 1 rings (SSSR count). The fourth-order valence-corrected chi connectivity index (χ4v) is 3.59. The predicted molar refractivity (Wildman–Crippen MR) is 68.1 cm³/mol. The normalized spacial score (nSPS) is 22.9. The average molecular weight is 262 g/mol. The summed E-state index contributed by atoms with van der Waals surface area (Å²) >= 11 is 0. The van der Waals surface area contributed by atoms with Crippen molar-refractivity contribution in [3.05, 3.63) is 0 Å². The van der Waals surface area contributed by atoms with E-state index < -0.39 is 10.2 Å². The number of hydrogen-bond acceptors (Lipinski definition) is 3. The van der Waals surface area contributed by atoms with Crippen LogP contribution >= 0.6 is 0 Å². The Morgan fingerprint density at radius 2 is 2.18 bits per heavy atom. The number of amidine groups is 1. The Morgan fingerprint density at radius 1 is 1.53 bits per heavy atom. The van der Waals surface area contributed by atoms with Crippen LogP contribution in [0.4, 0.5) is 0 Å². The van der Waals surface area contributed by atoms with E-state index in [9.17, 15) is 8.42 Å². The van der Waals surface area contributed by atoms with Crippen LogP contribution in [0.25, 0.3) is 0 Å². The molecule has 1 saturated heterocycles. The quantitative estimate of drug-likeness (QED) is 0.554. The van der Waals surface area contributed by atoms with Crippen molar-refractivity contribution >= 4 is 16.0 Å². The maximum atomic E-state index is 12.2. The van der Waals surface area contributed by atoms with Gasteiger partial charge in [-0.3, -0.25) is 5.41 Å². The third-order valence-electron chi connectivity index (χ3n) is 3.13. The molecule has 0 aromatic heterocycles. The molecule has 1 aliphatic heterocycles. The Balaban J connectivity index is 2.68. The maximum absolute atomic E-state index is 12.2. The van der Waals surface area contributed by atoms with Crippen LogP contribution in [0.5, 0.6) is 0 Å². The monoisotopic (exact) mass is 262 g/mol. The van der Waals surface area contributed by atoms with Crippen molar-refractivity contribution in [3.63, 3.8) is 0 Å². The smallest absolute Gasteiger partial charge is 0.281 e. The van der Waals surface area contributed by atoms with Gasteiger partial charge in [0, 0.05) is 32.6 Å². The third-order valence-corrected chi connectivity index (χ3v) is 5.23. The minimum absolute atomic E-state index is 0.0127. The summed E-state index contributed by atoms with van der Waals surface area (Å²) in [6, 6.07) is 0.0635. The Hall–Kier alpha value is -0.660. The second-order valence-corrected chi connectivity index (χ2v) is 6.55. The van der Waals surface area contributed by atoms with E-state index in [2.05, 4.69) is 0 Å². The highest BCUT2D eigenvalue weighted by Gasteiger charge is 2.32. The Kier molecular flexibility index (Phi) is 4.91. The Bertz CT molecular complexity index is 369. The SMILES string of the molecule is CC1CCCCN1S(=O)(=O)N(C)CCC(=N)N. The molecule has 0 bridgehead atoms. The van der Waals surface area contributed by atoms with Gasteiger partial charge in [0.05, 0.1) is 5.84 Å². The van der Waals surface area contributed by atoms with E-state index in [0.717, 1.165) is 19.3 Å². The highest BCUT2D eigenvalue weighted by atomic mass is 32.2. The molecule has 0 radical (unpaired) electrons. The summed E-state index contributed by atoms with van der Waals surface area (Å²) < 4.78 is 27.3. The fourth-order valence-electron chi connectivity index (χ4n) is 1.99. The van der Waals surface area contributed by atoms with Crippen LogP contribution in [0.3, 0.4) is 0 Å². The summed E-state index contributed by atoms with van der Waals surface area (Å²) in [6.45, 7) is 2.80. The van der Waals surface area contributed by atoms with Crippen molar-refractivity contribution < 1.29 is 8.42 Å². The predicted octanol–water partition coefficient (Wildman–Crippen LogP) is 0.363. The molecule has 0 amide bonds. The molecular weight excluding hydrogens is 240 g/mol. The first-order valence-electron chi connectivity index (χ1n) is 5.91. The van der Waals surface area contributed by atoms with Gasteiger partial charge in [-0.15, -0.1) is 0 Å². The van der Waals surface area contributed by atoms with Crippen LogP contribution in [0.1, 0.15) is 32.6 Å². The van der Waals surface area contributed by atoms with Crippen molar-refractivity contribution in [2.45, 2.75) is 38.6 Å². The zero-order valence-electron chi connectivity index (χ0n) is 10.5. The molecule has 1 fully saturated rings. The molecule has 17 heavy (non-hydrogen) atoms. The van der Waals surface area contributed by atoms with E-state index in [4.69, 9.17) is 11.1 Å². The molecule has 100 valence electrons. The summed E-state index contributed by atoms with van der Waals surface area (Å²) in [5.41, 5.74) is 5.24. The topological polar surface area (TPSA) is 90.5 Å². The van der Waals surface area contributed by atoms with E-state index in [1.54, 1.807) is 11.4 Å². The van der Waals surface area contributed by atoms with Crippen LogP contribution in [-0.2, 0) is 10.2 Å². The molecule has 7 heteroatoms. The average Bonchev–Trinajstić information content (AvgIpc) is 2.26. The number of nitrogens with zero attached hydrogens (tertiary/aromatic N) is 2. The Morgan fingerprint density at radius 3 is 2.71 bits per heavy atom. The first-order valence-corrected chi connectivity index (χ1v) is 7.31. The minimum atomic E-state index is -3.39. The van der Waals surface area contributed by atoms with Crippen LogP contribution in [0.15, 0.2) is 0 Å². The van der Waals surface area contributed by atoms with Crippen molar-refractivity contribution in [3.8, 4) is 0 Å². The third kappa shape index (κ3) is 3.65. The standard InChI is InChI=1S/C10H22N4O2S/c1-9-5-3-4-7-14(9)17(15,16)13(2)8-6-10(11)12/h9H,3-8H2,1-2H3,(H3,11,12). The van der Waals surface area contributed by atoms with Gasteiger partial charge in [-0.2, -0.15) is 17.0 Å². The lowest BCUT2D eigenvalue weighted by atomic mass is 10.1. The van der Waals surface area contributed by atoms with Crippen LogP contribution in [-0.4, -0.2) is 49.0 Å². The summed E-state index contributed by atoms with van der Waals surface area (Å²) in [6.07, 6.45) is 3.20. The minimum Gasteiger partial charge on any atom is -0.388 e. The summed E-state index contributed by atoms with van der Waals surface area (Å²) in [5.74, 6) is 0.0127. The molecule has 0 aromatic rings. The van der Waals surface area contributed by atoms with Crippen LogP contribution in [0, 0.1) is 5.41 Å². The van der Waals surface area contributed by atoms with Crippen molar-refractivity contribution in [2.75, 3.05) is 20.1 Å². The zero-order valence-corrected chi connectivity index (χ0v) is 11.3. The molecule has 1 atom stereocenters. The van der Waals surface area contributed by atoms with Gasteiger partial charge >= 0.3 is 0 Å². The van der Waals surface area contributed by atoms with Crippen molar-refractivity contribution in [1.29, 1.82) is 5.41 Å².